The first-order chi connectivity index (χ1) is 8.49. The van der Waals surface area contributed by atoms with Crippen molar-refractivity contribution in [3.8, 4) is 0 Å². The Morgan fingerprint density at radius 1 is 1.06 bits per heavy atom. The number of hydrogen-bond acceptors (Lipinski definition) is 3. The Balaban J connectivity index is 1.98. The second-order valence-corrected chi connectivity index (χ2v) is 6.63. The highest BCUT2D eigenvalue weighted by Crippen LogP contribution is 2.34. The minimum absolute atomic E-state index is 0.134. The molecule has 18 heavy (non-hydrogen) atoms. The minimum atomic E-state index is 0.134. The molecule has 1 aliphatic carbocycles. The second kappa shape index (κ2) is 5.70. The van der Waals surface area contributed by atoms with Gasteiger partial charge < -0.3 is 4.90 Å². The molecule has 3 heteroatoms. The molecule has 1 saturated carbocycles. The Morgan fingerprint density at radius 3 is 2.44 bits per heavy atom. The topological polar surface area (TPSA) is 23.6 Å². The van der Waals surface area contributed by atoms with Gasteiger partial charge in [0.05, 0.1) is 6.04 Å². The molecule has 104 valence electrons. The fourth-order valence-corrected chi connectivity index (χ4v) is 3.40. The molecule has 0 N–H and O–H groups in total. The summed E-state index contributed by atoms with van der Waals surface area (Å²) in [5.41, 5.74) is 0. The second-order valence-electron chi connectivity index (χ2n) is 6.63. The number of hydrogen-bond donors (Lipinski definition) is 0. The van der Waals surface area contributed by atoms with Crippen LogP contribution in [0.5, 0.6) is 0 Å². The predicted octanol–water partition coefficient (Wildman–Crippen LogP) is 1.87. The van der Waals surface area contributed by atoms with Gasteiger partial charge in [0.25, 0.3) is 0 Å². The molecule has 1 saturated heterocycles. The van der Waals surface area contributed by atoms with Crippen molar-refractivity contribution in [1.82, 2.24) is 9.80 Å². The molecule has 0 spiro atoms. The van der Waals surface area contributed by atoms with Crippen LogP contribution < -0.4 is 0 Å². The Morgan fingerprint density at radius 2 is 1.78 bits per heavy atom. The van der Waals surface area contributed by atoms with Gasteiger partial charge in [-0.25, -0.2) is 0 Å². The molecule has 2 fully saturated rings. The number of ketones is 1. The lowest BCUT2D eigenvalue weighted by Gasteiger charge is -2.40. The molecular formula is C15H28N2O. The van der Waals surface area contributed by atoms with Crippen LogP contribution in [-0.4, -0.2) is 55.4 Å². The molecule has 0 aromatic heterocycles. The minimum Gasteiger partial charge on any atom is -0.303 e. The third-order valence-corrected chi connectivity index (χ3v) is 5.18. The number of carbonyl (C=O) groups excluding carboxylic acids is 1. The molecule has 4 unspecified atom stereocenters. The quantitative estimate of drug-likeness (QED) is 0.749. The number of rotatable bonds is 2. The largest absolute Gasteiger partial charge is 0.303 e. The maximum Gasteiger partial charge on any atom is 0.154 e. The summed E-state index contributed by atoms with van der Waals surface area (Å²) in [6, 6.07) is 0.134. The number of piperazine rings is 1. The van der Waals surface area contributed by atoms with Gasteiger partial charge in [-0.2, -0.15) is 0 Å². The van der Waals surface area contributed by atoms with Crippen molar-refractivity contribution in [1.29, 1.82) is 0 Å². The van der Waals surface area contributed by atoms with Crippen molar-refractivity contribution in [3.63, 3.8) is 0 Å². The predicted molar refractivity (Wildman–Crippen MR) is 74.6 cm³/mol. The Hall–Kier alpha value is -0.410. The van der Waals surface area contributed by atoms with Gasteiger partial charge in [-0.1, -0.05) is 13.8 Å². The van der Waals surface area contributed by atoms with E-state index in [9.17, 15) is 4.79 Å². The van der Waals surface area contributed by atoms with Crippen LogP contribution in [0, 0.1) is 17.8 Å². The standard InChI is InChI=1S/C15H28N2O/c1-11-5-6-13(9-12(11)2)15(18)14-10-16(3)7-8-17(14)4/h11-14H,5-10H2,1-4H3. The number of Topliss-reactive ketones (excluding diaryl/α,β-unsaturated/α-hetero) is 1. The molecule has 1 aliphatic heterocycles. The van der Waals surface area contributed by atoms with Gasteiger partial charge in [-0.05, 0) is 45.2 Å². The third kappa shape index (κ3) is 2.94. The van der Waals surface area contributed by atoms with Crippen molar-refractivity contribution in [3.05, 3.63) is 0 Å². The lowest BCUT2D eigenvalue weighted by Crippen LogP contribution is -2.55. The fraction of sp³-hybridized carbons (Fsp3) is 0.933. The van der Waals surface area contributed by atoms with Crippen LogP contribution in [-0.2, 0) is 4.79 Å². The third-order valence-electron chi connectivity index (χ3n) is 5.18. The molecular weight excluding hydrogens is 224 g/mol. The number of carbonyl (C=O) groups is 1. The van der Waals surface area contributed by atoms with Crippen molar-refractivity contribution >= 4 is 5.78 Å². The molecule has 2 aliphatic rings. The summed E-state index contributed by atoms with van der Waals surface area (Å²) in [5, 5.41) is 0. The summed E-state index contributed by atoms with van der Waals surface area (Å²) < 4.78 is 0. The maximum absolute atomic E-state index is 12.7. The molecule has 0 amide bonds. The van der Waals surface area contributed by atoms with Crippen LogP contribution in [0.2, 0.25) is 0 Å². The SMILES string of the molecule is CC1CCC(C(=O)C2CN(C)CCN2C)CC1C. The zero-order chi connectivity index (χ0) is 13.3. The van der Waals surface area contributed by atoms with Gasteiger partial charge in [-0.3, -0.25) is 9.69 Å². The fourth-order valence-electron chi connectivity index (χ4n) is 3.40. The first kappa shape index (κ1) is 14.0. The summed E-state index contributed by atoms with van der Waals surface area (Å²) in [4.78, 5) is 17.2. The van der Waals surface area contributed by atoms with Gasteiger partial charge in [-0.15, -0.1) is 0 Å². The molecule has 0 bridgehead atoms. The molecule has 3 nitrogen and oxygen atoms in total. The summed E-state index contributed by atoms with van der Waals surface area (Å²) >= 11 is 0. The van der Waals surface area contributed by atoms with Gasteiger partial charge in [0, 0.05) is 25.6 Å². The lowest BCUT2D eigenvalue weighted by atomic mass is 9.73. The average molecular weight is 252 g/mol. The van der Waals surface area contributed by atoms with E-state index < -0.39 is 0 Å². The van der Waals surface area contributed by atoms with Crippen molar-refractivity contribution in [2.24, 2.45) is 17.8 Å². The van der Waals surface area contributed by atoms with Crippen LogP contribution in [0.3, 0.4) is 0 Å². The molecule has 0 aromatic carbocycles. The van der Waals surface area contributed by atoms with Gasteiger partial charge >= 0.3 is 0 Å². The smallest absolute Gasteiger partial charge is 0.154 e. The molecule has 4 atom stereocenters. The summed E-state index contributed by atoms with van der Waals surface area (Å²) in [5.74, 6) is 2.32. The van der Waals surface area contributed by atoms with Crippen LogP contribution in [0.1, 0.15) is 33.1 Å². The van der Waals surface area contributed by atoms with E-state index in [4.69, 9.17) is 0 Å². The monoisotopic (exact) mass is 252 g/mol. The summed E-state index contributed by atoms with van der Waals surface area (Å²) in [6.07, 6.45) is 3.44. The maximum atomic E-state index is 12.7. The summed E-state index contributed by atoms with van der Waals surface area (Å²) in [7, 11) is 4.23. The van der Waals surface area contributed by atoms with E-state index >= 15 is 0 Å². The lowest BCUT2D eigenvalue weighted by molar-refractivity contribution is -0.131. The Labute approximate surface area is 112 Å². The van der Waals surface area contributed by atoms with E-state index in [-0.39, 0.29) is 6.04 Å². The normalized spacial score (nSPS) is 39.8. The van der Waals surface area contributed by atoms with Crippen molar-refractivity contribution in [2.45, 2.75) is 39.2 Å². The Bertz CT molecular complexity index is 305. The first-order valence-corrected chi connectivity index (χ1v) is 7.41. The van der Waals surface area contributed by atoms with Crippen molar-refractivity contribution in [2.75, 3.05) is 33.7 Å². The molecule has 1 heterocycles. The van der Waals surface area contributed by atoms with Gasteiger partial charge in [0.15, 0.2) is 5.78 Å². The van der Waals surface area contributed by atoms with Crippen LogP contribution in [0.25, 0.3) is 0 Å². The highest BCUT2D eigenvalue weighted by molar-refractivity contribution is 5.86. The summed E-state index contributed by atoms with van der Waals surface area (Å²) in [6.45, 7) is 7.65. The van der Waals surface area contributed by atoms with Crippen molar-refractivity contribution < 1.29 is 4.79 Å². The molecule has 2 rings (SSSR count). The van der Waals surface area contributed by atoms with E-state index in [1.54, 1.807) is 0 Å². The zero-order valence-corrected chi connectivity index (χ0v) is 12.4. The number of likely N-dealkylation sites (N-methyl/N-ethyl adjacent to an activating group) is 2. The van der Waals surface area contributed by atoms with E-state index in [2.05, 4.69) is 37.7 Å². The Kier molecular flexibility index (Phi) is 4.44. The van der Waals surface area contributed by atoms with E-state index in [1.807, 2.05) is 0 Å². The molecule has 0 aromatic rings. The van der Waals surface area contributed by atoms with Gasteiger partial charge in [0.1, 0.15) is 0 Å². The highest BCUT2D eigenvalue weighted by Gasteiger charge is 2.36. The van der Waals surface area contributed by atoms with E-state index in [1.165, 1.54) is 6.42 Å². The van der Waals surface area contributed by atoms with Crippen LogP contribution >= 0.6 is 0 Å². The van der Waals surface area contributed by atoms with E-state index in [0.29, 0.717) is 17.6 Å². The van der Waals surface area contributed by atoms with Crippen LogP contribution in [0.15, 0.2) is 0 Å². The van der Waals surface area contributed by atoms with E-state index in [0.717, 1.165) is 38.4 Å². The average Bonchev–Trinajstić information content (AvgIpc) is 2.35. The highest BCUT2D eigenvalue weighted by atomic mass is 16.1. The first-order valence-electron chi connectivity index (χ1n) is 7.41. The van der Waals surface area contributed by atoms with Gasteiger partial charge in [0.2, 0.25) is 0 Å². The number of nitrogens with zero attached hydrogens (tertiary/aromatic N) is 2. The molecule has 0 radical (unpaired) electrons. The zero-order valence-electron chi connectivity index (χ0n) is 12.4. The van der Waals surface area contributed by atoms with Crippen LogP contribution in [0.4, 0.5) is 0 Å².